The molecule has 0 amide bonds. The smallest absolute Gasteiger partial charge is 0.0103 e. The molecule has 35 heavy (non-hydrogen) atoms. The lowest BCUT2D eigenvalue weighted by molar-refractivity contribution is 0.0753. The molecule has 5 rings (SSSR count). The first-order valence-corrected chi connectivity index (χ1v) is 16.0. The van der Waals surface area contributed by atoms with Crippen LogP contribution in [0.5, 0.6) is 0 Å². The molecule has 202 valence electrons. The zero-order chi connectivity index (χ0) is 24.6. The van der Waals surface area contributed by atoms with Crippen molar-refractivity contribution in [3.63, 3.8) is 0 Å². The summed E-state index contributed by atoms with van der Waals surface area (Å²) in [5, 5.41) is 4.26. The maximum Gasteiger partial charge on any atom is 0.0103 e. The predicted molar refractivity (Wildman–Crippen MR) is 149 cm³/mol. The molecule has 1 saturated heterocycles. The Morgan fingerprint density at radius 3 is 2.14 bits per heavy atom. The molecule has 4 saturated carbocycles. The zero-order valence-electron chi connectivity index (χ0n) is 23.9. The van der Waals surface area contributed by atoms with Crippen LogP contribution in [0.4, 0.5) is 0 Å². The highest BCUT2D eigenvalue weighted by Gasteiger charge is 2.55. The summed E-state index contributed by atoms with van der Waals surface area (Å²) in [5.41, 5.74) is 6.90. The van der Waals surface area contributed by atoms with Gasteiger partial charge in [0.2, 0.25) is 0 Å². The lowest BCUT2D eigenvalue weighted by Gasteiger charge is -2.44. The molecule has 0 aromatic rings. The van der Waals surface area contributed by atoms with E-state index in [1.807, 2.05) is 0 Å². The maximum atomic E-state index is 5.74. The maximum absolute atomic E-state index is 5.74. The van der Waals surface area contributed by atoms with Crippen LogP contribution in [0.3, 0.4) is 0 Å². The van der Waals surface area contributed by atoms with Crippen LogP contribution in [0.2, 0.25) is 0 Å². The van der Waals surface area contributed by atoms with Gasteiger partial charge in [0, 0.05) is 6.04 Å². The van der Waals surface area contributed by atoms with E-state index in [0.29, 0.717) is 10.8 Å². The van der Waals surface area contributed by atoms with Gasteiger partial charge in [0.25, 0.3) is 0 Å². The summed E-state index contributed by atoms with van der Waals surface area (Å²) < 4.78 is 0. The Morgan fingerprint density at radius 1 is 0.829 bits per heavy atom. The van der Waals surface area contributed by atoms with Crippen LogP contribution >= 0.6 is 0 Å². The summed E-state index contributed by atoms with van der Waals surface area (Å²) >= 11 is 0. The number of likely N-dealkylation sites (tertiary alicyclic amines) is 1. The number of piperidine rings is 1. The molecule has 0 aromatic carbocycles. The van der Waals surface area contributed by atoms with Gasteiger partial charge in [-0.15, -0.1) is 0 Å². The molecule has 5 aliphatic rings. The van der Waals surface area contributed by atoms with Crippen LogP contribution in [-0.2, 0) is 0 Å². The van der Waals surface area contributed by atoms with Gasteiger partial charge < -0.3 is 16.0 Å². The number of unbranched alkanes of at least 4 members (excludes halogenated alkanes) is 1. The number of nitrogens with zero attached hydrogens (tertiary/aromatic N) is 1. The van der Waals surface area contributed by atoms with Gasteiger partial charge in [0.15, 0.2) is 0 Å². The molecule has 4 aliphatic carbocycles. The fourth-order valence-corrected chi connectivity index (χ4v) is 10.5. The quantitative estimate of drug-likeness (QED) is 0.302. The van der Waals surface area contributed by atoms with E-state index in [0.717, 1.165) is 60.4 Å². The first-order chi connectivity index (χ1) is 16.8. The minimum Gasteiger partial charge on any atom is -0.330 e. The molecule has 3 N–H and O–H groups in total. The summed E-state index contributed by atoms with van der Waals surface area (Å²) in [4.78, 5) is 2.65. The molecule has 4 bridgehead atoms. The third kappa shape index (κ3) is 5.40. The highest BCUT2D eigenvalue weighted by atomic mass is 15.1. The van der Waals surface area contributed by atoms with E-state index >= 15 is 0 Å². The zero-order valence-corrected chi connectivity index (χ0v) is 23.9. The molecule has 3 nitrogen and oxygen atoms in total. The van der Waals surface area contributed by atoms with E-state index in [9.17, 15) is 0 Å². The number of hydrogen-bond donors (Lipinski definition) is 2. The van der Waals surface area contributed by atoms with Crippen molar-refractivity contribution < 1.29 is 0 Å². The van der Waals surface area contributed by atoms with Crippen LogP contribution in [0, 0.1) is 52.3 Å². The second-order valence-electron chi connectivity index (χ2n) is 15.0. The van der Waals surface area contributed by atoms with Gasteiger partial charge in [-0.05, 0) is 156 Å². The van der Waals surface area contributed by atoms with E-state index in [1.54, 1.807) is 6.42 Å². The third-order valence-corrected chi connectivity index (χ3v) is 12.7. The second-order valence-corrected chi connectivity index (χ2v) is 15.0. The topological polar surface area (TPSA) is 41.3 Å². The van der Waals surface area contributed by atoms with Crippen molar-refractivity contribution in [1.29, 1.82) is 0 Å². The van der Waals surface area contributed by atoms with Gasteiger partial charge in [-0.25, -0.2) is 0 Å². The lowest BCUT2D eigenvalue weighted by Crippen LogP contribution is -2.48. The molecule has 1 heterocycles. The Balaban J connectivity index is 1.13. The standard InChI is InChI=1S/C32H59N3/c1-31(2)26-12-10-24(20-26)28(31)8-5-6-9-29(30-25-11-13-27(21-25)32(30,3)4)34-22-23-14-18-35(19-15-23)17-7-16-33/h23-30,34H,5-22,33H2,1-4H3. The van der Waals surface area contributed by atoms with Crippen LogP contribution in [-0.4, -0.2) is 43.7 Å². The fourth-order valence-electron chi connectivity index (χ4n) is 10.5. The van der Waals surface area contributed by atoms with Crippen LogP contribution in [0.15, 0.2) is 0 Å². The van der Waals surface area contributed by atoms with Gasteiger partial charge in [-0.3, -0.25) is 0 Å². The minimum absolute atomic E-state index is 0.540. The van der Waals surface area contributed by atoms with E-state index in [2.05, 4.69) is 37.9 Å². The lowest BCUT2D eigenvalue weighted by atomic mass is 9.64. The van der Waals surface area contributed by atoms with Crippen molar-refractivity contribution in [3.05, 3.63) is 0 Å². The summed E-state index contributed by atoms with van der Waals surface area (Å²) in [6, 6.07) is 0.753. The Labute approximate surface area is 218 Å². The predicted octanol–water partition coefficient (Wildman–Crippen LogP) is 6.71. The van der Waals surface area contributed by atoms with E-state index in [1.165, 1.54) is 96.8 Å². The first-order valence-electron chi connectivity index (χ1n) is 16.0. The summed E-state index contributed by atoms with van der Waals surface area (Å²) in [7, 11) is 0. The van der Waals surface area contributed by atoms with Crippen molar-refractivity contribution >= 4 is 0 Å². The Morgan fingerprint density at radius 2 is 1.51 bits per heavy atom. The molecule has 1 aliphatic heterocycles. The van der Waals surface area contributed by atoms with Gasteiger partial charge in [-0.2, -0.15) is 0 Å². The van der Waals surface area contributed by atoms with E-state index in [4.69, 9.17) is 5.73 Å². The number of hydrogen-bond acceptors (Lipinski definition) is 3. The van der Waals surface area contributed by atoms with E-state index < -0.39 is 0 Å². The minimum atomic E-state index is 0.540. The third-order valence-electron chi connectivity index (χ3n) is 12.7. The largest absolute Gasteiger partial charge is 0.330 e. The number of fused-ring (bicyclic) bond motifs is 4. The molecular formula is C32H59N3. The van der Waals surface area contributed by atoms with Crippen molar-refractivity contribution in [1.82, 2.24) is 10.2 Å². The Bertz CT molecular complexity index is 678. The summed E-state index contributed by atoms with van der Waals surface area (Å²) in [5.74, 6) is 6.87. The second kappa shape index (κ2) is 10.9. The normalized spacial score (nSPS) is 39.0. The Kier molecular flexibility index (Phi) is 8.27. The molecule has 5 fully saturated rings. The van der Waals surface area contributed by atoms with E-state index in [-0.39, 0.29) is 0 Å². The highest BCUT2D eigenvalue weighted by Crippen LogP contribution is 2.62. The van der Waals surface area contributed by atoms with Crippen molar-refractivity contribution in [2.45, 2.75) is 117 Å². The molecule has 0 radical (unpaired) electrons. The summed E-state index contributed by atoms with van der Waals surface area (Å²) in [6.45, 7) is 16.3. The average Bonchev–Trinajstić information content (AvgIpc) is 3.59. The number of rotatable bonds is 12. The summed E-state index contributed by atoms with van der Waals surface area (Å²) in [6.07, 6.45) is 18.9. The van der Waals surface area contributed by atoms with Gasteiger partial charge in [-0.1, -0.05) is 40.5 Å². The first kappa shape index (κ1) is 26.5. The van der Waals surface area contributed by atoms with Crippen LogP contribution < -0.4 is 11.1 Å². The Hall–Kier alpha value is -0.120. The fraction of sp³-hybridized carbons (Fsp3) is 1.00. The molecule has 7 unspecified atom stereocenters. The van der Waals surface area contributed by atoms with Gasteiger partial charge in [0.05, 0.1) is 0 Å². The highest BCUT2D eigenvalue weighted by molar-refractivity contribution is 5.06. The molecular weight excluding hydrogens is 426 g/mol. The molecule has 3 heteroatoms. The molecule has 0 aromatic heterocycles. The van der Waals surface area contributed by atoms with Crippen LogP contribution in [0.25, 0.3) is 0 Å². The van der Waals surface area contributed by atoms with Gasteiger partial charge in [0.1, 0.15) is 0 Å². The SMILES string of the molecule is CC1(C)C2CCC(C2)C1CCCCC(NCC1CCN(CCCN)CC1)C1C2CCC(C2)C1(C)C. The van der Waals surface area contributed by atoms with Crippen molar-refractivity contribution in [2.75, 3.05) is 32.7 Å². The van der Waals surface area contributed by atoms with Crippen molar-refractivity contribution in [3.8, 4) is 0 Å². The number of nitrogens with one attached hydrogen (secondary N) is 1. The molecule has 7 atom stereocenters. The monoisotopic (exact) mass is 485 g/mol. The van der Waals surface area contributed by atoms with Gasteiger partial charge >= 0.3 is 0 Å². The number of nitrogens with two attached hydrogens (primary N) is 1. The molecule has 0 spiro atoms. The average molecular weight is 486 g/mol. The van der Waals surface area contributed by atoms with Crippen LogP contribution in [0.1, 0.15) is 111 Å². The van der Waals surface area contributed by atoms with Crippen molar-refractivity contribution in [2.24, 2.45) is 58.0 Å².